The Morgan fingerprint density at radius 2 is 1.96 bits per heavy atom. The summed E-state index contributed by atoms with van der Waals surface area (Å²) in [5, 5.41) is 3.28. The SMILES string of the molecule is COc1ccc(S(=O)(=O)CCCC(=O)Nc2nc3ccc(SC)cc3s2)cc1. The number of nitrogens with one attached hydrogen (secondary N) is 1. The smallest absolute Gasteiger partial charge is 0.226 e. The molecule has 1 aromatic heterocycles. The number of hydrogen-bond donors (Lipinski definition) is 1. The number of aromatic nitrogens is 1. The van der Waals surface area contributed by atoms with E-state index in [0.29, 0.717) is 10.9 Å². The van der Waals surface area contributed by atoms with Gasteiger partial charge in [-0.05, 0) is 55.1 Å². The van der Waals surface area contributed by atoms with Gasteiger partial charge in [0.05, 0.1) is 28.0 Å². The van der Waals surface area contributed by atoms with Crippen molar-refractivity contribution in [2.45, 2.75) is 22.6 Å². The van der Waals surface area contributed by atoms with Gasteiger partial charge >= 0.3 is 0 Å². The molecule has 0 saturated carbocycles. The summed E-state index contributed by atoms with van der Waals surface area (Å²) in [7, 11) is -1.91. The van der Waals surface area contributed by atoms with Crippen molar-refractivity contribution in [1.82, 2.24) is 4.98 Å². The fourth-order valence-electron chi connectivity index (χ4n) is 2.59. The van der Waals surface area contributed by atoms with Crippen LogP contribution < -0.4 is 10.1 Å². The highest BCUT2D eigenvalue weighted by Gasteiger charge is 2.16. The molecule has 0 saturated heterocycles. The third-order valence-corrected chi connectivity index (χ3v) is 7.55. The summed E-state index contributed by atoms with van der Waals surface area (Å²) < 4.78 is 30.8. The number of carbonyl (C=O) groups is 1. The van der Waals surface area contributed by atoms with Gasteiger partial charge in [0.1, 0.15) is 5.75 Å². The Hall–Kier alpha value is -2.10. The van der Waals surface area contributed by atoms with E-state index in [9.17, 15) is 13.2 Å². The van der Waals surface area contributed by atoms with Gasteiger partial charge in [-0.2, -0.15) is 0 Å². The maximum atomic E-state index is 12.4. The Morgan fingerprint density at radius 1 is 1.21 bits per heavy atom. The summed E-state index contributed by atoms with van der Waals surface area (Å²) in [5.74, 6) is 0.261. The van der Waals surface area contributed by atoms with Gasteiger partial charge < -0.3 is 10.1 Å². The van der Waals surface area contributed by atoms with Gasteiger partial charge in [-0.25, -0.2) is 13.4 Å². The summed E-state index contributed by atoms with van der Waals surface area (Å²) in [5.41, 5.74) is 0.834. The van der Waals surface area contributed by atoms with E-state index < -0.39 is 9.84 Å². The molecule has 1 heterocycles. The molecular formula is C19H20N2O4S3. The molecule has 3 rings (SSSR count). The maximum absolute atomic E-state index is 12.4. The fourth-order valence-corrected chi connectivity index (χ4v) is 5.34. The zero-order valence-corrected chi connectivity index (χ0v) is 17.9. The molecule has 9 heteroatoms. The predicted octanol–water partition coefficient (Wildman–Crippen LogP) is 4.22. The number of anilines is 1. The molecule has 2 aromatic carbocycles. The highest BCUT2D eigenvalue weighted by molar-refractivity contribution is 7.98. The quantitative estimate of drug-likeness (QED) is 0.532. The number of fused-ring (bicyclic) bond motifs is 1. The number of carbonyl (C=O) groups excluding carboxylic acids is 1. The first-order chi connectivity index (χ1) is 13.4. The molecule has 0 aliphatic rings. The van der Waals surface area contributed by atoms with Gasteiger partial charge in [-0.1, -0.05) is 11.3 Å². The first-order valence-electron chi connectivity index (χ1n) is 8.52. The van der Waals surface area contributed by atoms with Crippen molar-refractivity contribution in [1.29, 1.82) is 0 Å². The van der Waals surface area contributed by atoms with E-state index in [0.717, 1.165) is 15.1 Å². The highest BCUT2D eigenvalue weighted by Crippen LogP contribution is 2.29. The molecule has 0 bridgehead atoms. The number of amides is 1. The predicted molar refractivity (Wildman–Crippen MR) is 114 cm³/mol. The lowest BCUT2D eigenvalue weighted by Gasteiger charge is -2.06. The summed E-state index contributed by atoms with van der Waals surface area (Å²) in [6.45, 7) is 0. The lowest BCUT2D eigenvalue weighted by molar-refractivity contribution is -0.116. The standard InChI is InChI=1S/C19H20N2O4S3/c1-25-13-5-8-15(9-6-13)28(23,24)11-3-4-18(22)21-19-20-16-10-7-14(26-2)12-17(16)27-19/h5-10,12H,3-4,11H2,1-2H3,(H,20,21,22). The van der Waals surface area contributed by atoms with Crippen molar-refractivity contribution >= 4 is 54.2 Å². The zero-order valence-electron chi connectivity index (χ0n) is 15.5. The van der Waals surface area contributed by atoms with Crippen molar-refractivity contribution in [3.8, 4) is 5.75 Å². The van der Waals surface area contributed by atoms with Crippen LogP contribution in [0.4, 0.5) is 5.13 Å². The average Bonchev–Trinajstić information content (AvgIpc) is 3.08. The number of benzene rings is 2. The molecule has 1 N–H and O–H groups in total. The van der Waals surface area contributed by atoms with Gasteiger partial charge in [0.25, 0.3) is 0 Å². The van der Waals surface area contributed by atoms with Crippen LogP contribution in [0.15, 0.2) is 52.3 Å². The number of thiazole rings is 1. The van der Waals surface area contributed by atoms with E-state index in [-0.39, 0.29) is 29.4 Å². The molecule has 28 heavy (non-hydrogen) atoms. The Labute approximate surface area is 172 Å². The third kappa shape index (κ3) is 5.03. The number of rotatable bonds is 8. The van der Waals surface area contributed by atoms with Gasteiger partial charge in [0, 0.05) is 11.3 Å². The minimum atomic E-state index is -3.43. The van der Waals surface area contributed by atoms with Crippen molar-refractivity contribution in [3.05, 3.63) is 42.5 Å². The van der Waals surface area contributed by atoms with Gasteiger partial charge in [-0.15, -0.1) is 11.8 Å². The zero-order chi connectivity index (χ0) is 20.1. The van der Waals surface area contributed by atoms with Crippen LogP contribution in [0, 0.1) is 0 Å². The fraction of sp³-hybridized carbons (Fsp3) is 0.263. The molecule has 3 aromatic rings. The molecule has 0 spiro atoms. The van der Waals surface area contributed by atoms with Crippen LogP contribution in [0.5, 0.6) is 5.75 Å². The Morgan fingerprint density at radius 3 is 2.64 bits per heavy atom. The third-order valence-electron chi connectivity index (χ3n) is 4.08. The van der Waals surface area contributed by atoms with E-state index in [1.165, 1.54) is 30.6 Å². The Kier molecular flexibility index (Phi) is 6.58. The number of sulfone groups is 1. The molecule has 6 nitrogen and oxygen atoms in total. The number of thioether (sulfide) groups is 1. The molecule has 0 atom stereocenters. The topological polar surface area (TPSA) is 85.4 Å². The normalized spacial score (nSPS) is 11.5. The largest absolute Gasteiger partial charge is 0.497 e. The van der Waals surface area contributed by atoms with E-state index in [1.807, 2.05) is 24.5 Å². The minimum absolute atomic E-state index is 0.0936. The van der Waals surface area contributed by atoms with E-state index in [4.69, 9.17) is 4.74 Å². The average molecular weight is 437 g/mol. The Bertz CT molecular complexity index is 1080. The van der Waals surface area contributed by atoms with Crippen LogP contribution in [0.2, 0.25) is 0 Å². The monoisotopic (exact) mass is 436 g/mol. The number of ether oxygens (including phenoxy) is 1. The number of methoxy groups -OCH3 is 1. The Balaban J connectivity index is 1.55. The van der Waals surface area contributed by atoms with Crippen LogP contribution in [-0.4, -0.2) is 38.4 Å². The highest BCUT2D eigenvalue weighted by atomic mass is 32.2. The van der Waals surface area contributed by atoms with E-state index in [2.05, 4.69) is 10.3 Å². The van der Waals surface area contributed by atoms with Crippen LogP contribution >= 0.6 is 23.1 Å². The first-order valence-corrected chi connectivity index (χ1v) is 12.2. The molecule has 0 fully saturated rings. The van der Waals surface area contributed by atoms with Crippen molar-refractivity contribution < 1.29 is 17.9 Å². The van der Waals surface area contributed by atoms with Crippen LogP contribution in [-0.2, 0) is 14.6 Å². The molecular weight excluding hydrogens is 416 g/mol. The second-order valence-electron chi connectivity index (χ2n) is 6.00. The molecule has 0 aliphatic carbocycles. The van der Waals surface area contributed by atoms with Crippen LogP contribution in [0.25, 0.3) is 10.2 Å². The van der Waals surface area contributed by atoms with Gasteiger partial charge in [-0.3, -0.25) is 4.79 Å². The second kappa shape index (κ2) is 8.93. The maximum Gasteiger partial charge on any atom is 0.226 e. The summed E-state index contributed by atoms with van der Waals surface area (Å²) in [6, 6.07) is 12.2. The van der Waals surface area contributed by atoms with Crippen LogP contribution in [0.3, 0.4) is 0 Å². The van der Waals surface area contributed by atoms with E-state index >= 15 is 0 Å². The molecule has 0 aliphatic heterocycles. The van der Waals surface area contributed by atoms with Gasteiger partial charge in [0.2, 0.25) is 5.91 Å². The molecule has 1 amide bonds. The first kappa shape index (κ1) is 20.6. The molecule has 148 valence electrons. The summed E-state index contributed by atoms with van der Waals surface area (Å²) in [6.07, 6.45) is 2.36. The molecule has 0 radical (unpaired) electrons. The summed E-state index contributed by atoms with van der Waals surface area (Å²) >= 11 is 3.06. The minimum Gasteiger partial charge on any atom is -0.497 e. The summed E-state index contributed by atoms with van der Waals surface area (Å²) in [4.78, 5) is 17.9. The van der Waals surface area contributed by atoms with E-state index in [1.54, 1.807) is 23.9 Å². The van der Waals surface area contributed by atoms with Crippen molar-refractivity contribution in [3.63, 3.8) is 0 Å². The number of hydrogen-bond acceptors (Lipinski definition) is 7. The number of nitrogens with zero attached hydrogens (tertiary/aromatic N) is 1. The van der Waals surface area contributed by atoms with Crippen LogP contribution in [0.1, 0.15) is 12.8 Å². The van der Waals surface area contributed by atoms with Gasteiger partial charge in [0.15, 0.2) is 15.0 Å². The molecule has 0 unspecified atom stereocenters. The van der Waals surface area contributed by atoms with Crippen molar-refractivity contribution in [2.24, 2.45) is 0 Å². The second-order valence-corrected chi connectivity index (χ2v) is 10.0. The lowest BCUT2D eigenvalue weighted by atomic mass is 10.3. The van der Waals surface area contributed by atoms with Crippen molar-refractivity contribution in [2.75, 3.05) is 24.4 Å². The lowest BCUT2D eigenvalue weighted by Crippen LogP contribution is -2.14.